The number of hydrogen-bond donors (Lipinski definition) is 2. The number of aromatic nitrogens is 4. The number of anilines is 2. The normalized spacial score (nSPS) is 21.2. The van der Waals surface area contributed by atoms with Crippen LogP contribution in [0.4, 0.5) is 11.8 Å². The topological polar surface area (TPSA) is 114 Å². The van der Waals surface area contributed by atoms with Gasteiger partial charge in [-0.25, -0.2) is 9.97 Å². The van der Waals surface area contributed by atoms with E-state index < -0.39 is 0 Å². The van der Waals surface area contributed by atoms with Gasteiger partial charge in [-0.1, -0.05) is 18.9 Å². The zero-order chi connectivity index (χ0) is 27.6. The zero-order valence-corrected chi connectivity index (χ0v) is 23.5. The van der Waals surface area contributed by atoms with Gasteiger partial charge in [-0.05, 0) is 75.7 Å². The van der Waals surface area contributed by atoms with Crippen molar-refractivity contribution in [1.82, 2.24) is 29.7 Å². The number of piperidine rings is 1. The molecule has 2 aliphatic heterocycles. The van der Waals surface area contributed by atoms with Gasteiger partial charge in [0.2, 0.25) is 5.95 Å². The van der Waals surface area contributed by atoms with Gasteiger partial charge in [0.25, 0.3) is 5.56 Å². The molecule has 0 spiro atoms. The van der Waals surface area contributed by atoms with Gasteiger partial charge in [0, 0.05) is 43.5 Å². The molecule has 0 aromatic carbocycles. The van der Waals surface area contributed by atoms with Gasteiger partial charge in [-0.2, -0.15) is 4.98 Å². The van der Waals surface area contributed by atoms with Crippen LogP contribution in [-0.2, 0) is 4.74 Å². The fourth-order valence-corrected chi connectivity index (χ4v) is 6.62. The number of nitrogens with zero attached hydrogens (tertiary/aromatic N) is 5. The molecule has 2 N–H and O–H groups in total. The van der Waals surface area contributed by atoms with Gasteiger partial charge in [0.1, 0.15) is 11.5 Å². The Morgan fingerprint density at radius 2 is 1.93 bits per heavy atom. The van der Waals surface area contributed by atoms with Crippen molar-refractivity contribution in [1.29, 1.82) is 0 Å². The number of ether oxygens (including phenoxy) is 1. The maximum atomic E-state index is 13.4. The van der Waals surface area contributed by atoms with Crippen molar-refractivity contribution in [2.24, 2.45) is 0 Å². The first-order valence-corrected chi connectivity index (χ1v) is 14.7. The minimum atomic E-state index is -0.245. The number of pyridine rings is 2. The lowest BCUT2D eigenvalue weighted by Gasteiger charge is -2.35. The smallest absolute Gasteiger partial charge is 0.263 e. The number of fused-ring (bicyclic) bond motifs is 1. The molecule has 3 aromatic heterocycles. The lowest BCUT2D eigenvalue weighted by atomic mass is 9.90. The summed E-state index contributed by atoms with van der Waals surface area (Å²) in [5.74, 6) is 1.33. The van der Waals surface area contributed by atoms with Crippen LogP contribution < -0.4 is 16.2 Å². The molecule has 0 amide bonds. The number of morpholine rings is 1. The van der Waals surface area contributed by atoms with Crippen LogP contribution in [0.1, 0.15) is 78.9 Å². The SMILES string of the molecule is CC(=O)c1c(C)c2cnc(Nc3ccc(C4CCN(C[C@H]5CNCCO5)CC4)cn3)nc2n(C2CCCC2)c1=O. The fourth-order valence-electron chi connectivity index (χ4n) is 6.62. The molecule has 10 nitrogen and oxygen atoms in total. The molecule has 0 unspecified atom stereocenters. The Labute approximate surface area is 234 Å². The van der Waals surface area contributed by atoms with E-state index in [1.165, 1.54) is 12.5 Å². The lowest BCUT2D eigenvalue weighted by molar-refractivity contribution is 0.00129. The van der Waals surface area contributed by atoms with E-state index in [9.17, 15) is 9.59 Å². The molecule has 1 atom stereocenters. The Kier molecular flexibility index (Phi) is 7.91. The summed E-state index contributed by atoms with van der Waals surface area (Å²) in [6.07, 6.45) is 10.2. The van der Waals surface area contributed by atoms with E-state index in [1.54, 1.807) is 10.8 Å². The number of likely N-dealkylation sites (tertiary alicyclic amines) is 1. The highest BCUT2D eigenvalue weighted by Gasteiger charge is 2.27. The van der Waals surface area contributed by atoms with Gasteiger partial charge in [0.05, 0.1) is 18.3 Å². The van der Waals surface area contributed by atoms with Crippen LogP contribution in [0, 0.1) is 6.92 Å². The molecule has 0 radical (unpaired) electrons. The summed E-state index contributed by atoms with van der Waals surface area (Å²) in [6, 6.07) is 4.17. The third-order valence-corrected chi connectivity index (χ3v) is 8.80. The van der Waals surface area contributed by atoms with Crippen LogP contribution in [0.25, 0.3) is 11.0 Å². The third kappa shape index (κ3) is 5.53. The molecule has 1 aliphatic carbocycles. The minimum absolute atomic E-state index is 0.0483. The second kappa shape index (κ2) is 11.7. The number of rotatable bonds is 7. The maximum Gasteiger partial charge on any atom is 0.263 e. The zero-order valence-electron chi connectivity index (χ0n) is 23.5. The molecule has 6 rings (SSSR count). The average molecular weight is 546 g/mol. The molecule has 40 heavy (non-hydrogen) atoms. The quantitative estimate of drug-likeness (QED) is 0.429. The summed E-state index contributed by atoms with van der Waals surface area (Å²) >= 11 is 0. The average Bonchev–Trinajstić information content (AvgIpc) is 3.49. The van der Waals surface area contributed by atoms with Crippen molar-refractivity contribution in [2.75, 3.05) is 44.6 Å². The maximum absolute atomic E-state index is 13.4. The van der Waals surface area contributed by atoms with E-state index in [0.717, 1.165) is 83.2 Å². The van der Waals surface area contributed by atoms with Crippen molar-refractivity contribution >= 4 is 28.6 Å². The molecule has 3 aromatic rings. The molecule has 2 saturated heterocycles. The Morgan fingerprint density at radius 3 is 2.60 bits per heavy atom. The number of nitrogens with one attached hydrogen (secondary N) is 2. The monoisotopic (exact) mass is 545 g/mol. The Morgan fingerprint density at radius 1 is 1.12 bits per heavy atom. The lowest BCUT2D eigenvalue weighted by Crippen LogP contribution is -2.47. The van der Waals surface area contributed by atoms with Crippen molar-refractivity contribution in [3.63, 3.8) is 0 Å². The molecule has 10 heteroatoms. The summed E-state index contributed by atoms with van der Waals surface area (Å²) in [4.78, 5) is 42.3. The first-order chi connectivity index (χ1) is 19.5. The van der Waals surface area contributed by atoms with Gasteiger partial charge < -0.3 is 20.3 Å². The summed E-state index contributed by atoms with van der Waals surface area (Å²) in [5, 5.41) is 7.38. The van der Waals surface area contributed by atoms with Gasteiger partial charge in [0.15, 0.2) is 5.78 Å². The third-order valence-electron chi connectivity index (χ3n) is 8.80. The largest absolute Gasteiger partial charge is 0.374 e. The van der Waals surface area contributed by atoms with E-state index in [4.69, 9.17) is 9.72 Å². The predicted molar refractivity (Wildman–Crippen MR) is 155 cm³/mol. The van der Waals surface area contributed by atoms with E-state index >= 15 is 0 Å². The molecular weight excluding hydrogens is 506 g/mol. The van der Waals surface area contributed by atoms with Crippen LogP contribution in [0.3, 0.4) is 0 Å². The van der Waals surface area contributed by atoms with Crippen LogP contribution in [0.2, 0.25) is 0 Å². The van der Waals surface area contributed by atoms with Crippen LogP contribution in [-0.4, -0.2) is 75.6 Å². The Balaban J connectivity index is 1.17. The highest BCUT2D eigenvalue weighted by molar-refractivity contribution is 5.99. The molecule has 212 valence electrons. The fraction of sp³-hybridized carbons (Fsp3) is 0.567. The van der Waals surface area contributed by atoms with Gasteiger partial charge >= 0.3 is 0 Å². The Bertz CT molecular complexity index is 1420. The van der Waals surface area contributed by atoms with Gasteiger partial charge in [-0.3, -0.25) is 14.2 Å². The second-order valence-electron chi connectivity index (χ2n) is 11.5. The van der Waals surface area contributed by atoms with Crippen molar-refractivity contribution in [3.8, 4) is 0 Å². The second-order valence-corrected chi connectivity index (χ2v) is 11.5. The van der Waals surface area contributed by atoms with Crippen molar-refractivity contribution in [2.45, 2.75) is 70.4 Å². The number of aryl methyl sites for hydroxylation is 1. The highest BCUT2D eigenvalue weighted by atomic mass is 16.5. The molecule has 0 bridgehead atoms. The first-order valence-electron chi connectivity index (χ1n) is 14.7. The van der Waals surface area contributed by atoms with Crippen LogP contribution in [0.15, 0.2) is 29.3 Å². The molecular formula is C30H39N7O3. The molecule has 5 heterocycles. The van der Waals surface area contributed by atoms with Crippen molar-refractivity contribution < 1.29 is 9.53 Å². The first kappa shape index (κ1) is 27.0. The van der Waals surface area contributed by atoms with E-state index in [1.807, 2.05) is 19.2 Å². The number of carbonyl (C=O) groups is 1. The Hall–Kier alpha value is -3.21. The van der Waals surface area contributed by atoms with E-state index in [-0.39, 0.29) is 22.9 Å². The van der Waals surface area contributed by atoms with Crippen molar-refractivity contribution in [3.05, 3.63) is 51.6 Å². The predicted octanol–water partition coefficient (Wildman–Crippen LogP) is 3.72. The summed E-state index contributed by atoms with van der Waals surface area (Å²) < 4.78 is 7.61. The summed E-state index contributed by atoms with van der Waals surface area (Å²) in [5.41, 5.74) is 2.47. The van der Waals surface area contributed by atoms with Crippen LogP contribution in [0.5, 0.6) is 0 Å². The number of carbonyl (C=O) groups excluding carboxylic acids is 1. The van der Waals surface area contributed by atoms with E-state index in [2.05, 4.69) is 31.6 Å². The molecule has 3 aliphatic rings. The summed E-state index contributed by atoms with van der Waals surface area (Å²) in [6.45, 7) is 9.10. The summed E-state index contributed by atoms with van der Waals surface area (Å²) in [7, 11) is 0. The van der Waals surface area contributed by atoms with E-state index in [0.29, 0.717) is 35.0 Å². The van der Waals surface area contributed by atoms with Crippen LogP contribution >= 0.6 is 0 Å². The molecule has 3 fully saturated rings. The van der Waals surface area contributed by atoms with Gasteiger partial charge in [-0.15, -0.1) is 0 Å². The minimum Gasteiger partial charge on any atom is -0.374 e. The highest BCUT2D eigenvalue weighted by Crippen LogP contribution is 2.32. The standard InChI is InChI=1S/C30H39N7O3/c1-19-25-17-33-30(35-28(25)37(23-5-3-4-6-23)29(39)27(19)20(2)38)34-26-8-7-22(15-32-26)21-9-12-36(13-10-21)18-24-16-31-11-14-40-24/h7-8,15,17,21,23-24,31H,3-6,9-14,16,18H2,1-2H3,(H,32,33,34,35)/t24-/m1/s1. The number of ketones is 1. The molecule has 1 saturated carbocycles. The number of Topliss-reactive ketones (excluding diaryl/α,β-unsaturated/α-hetero) is 1. The number of hydrogen-bond acceptors (Lipinski definition) is 9.